The van der Waals surface area contributed by atoms with E-state index in [0.717, 1.165) is 102 Å². The molecule has 0 rings (SSSR count). The highest BCUT2D eigenvalue weighted by molar-refractivity contribution is 7.47. The fourth-order valence-electron chi connectivity index (χ4n) is 14.8. The van der Waals surface area contributed by atoms with E-state index in [-0.39, 0.29) is 25.7 Å². The van der Waals surface area contributed by atoms with Crippen LogP contribution in [0.3, 0.4) is 0 Å². The zero-order valence-corrected chi connectivity index (χ0v) is 76.5. The first-order valence-corrected chi connectivity index (χ1v) is 51.5. The largest absolute Gasteiger partial charge is 0.472 e. The van der Waals surface area contributed by atoms with Crippen molar-refractivity contribution in [1.29, 1.82) is 0 Å². The van der Waals surface area contributed by atoms with Gasteiger partial charge in [0.15, 0.2) is 12.2 Å². The average Bonchev–Trinajstić information content (AvgIpc) is 0.897. The average molecular weight is 1650 g/mol. The minimum atomic E-state index is -4.97. The number of unbranched alkanes of at least 4 members (excludes halogenated alkanes) is 63. The Labute approximate surface area is 696 Å². The summed E-state index contributed by atoms with van der Waals surface area (Å²) in [5, 5.41) is 10.7. The van der Waals surface area contributed by atoms with E-state index in [1.54, 1.807) is 0 Å². The lowest BCUT2D eigenvalue weighted by atomic mass is 10.0. The second-order valence-electron chi connectivity index (χ2n) is 34.7. The molecule has 113 heavy (non-hydrogen) atoms. The standard InChI is InChI=1S/C94H184O17P2/c1-7-9-11-13-15-17-19-21-23-25-27-29-31-33-38-42-46-52-58-64-70-76-91(96)104-82-89(110-93(98)78-72-66-60-53-47-43-39-34-32-30-28-26-24-22-20-18-16-14-12-10-8-2)84-108-112(100,101)106-80-88(95)81-107-113(102,103)109-85-90(83-105-92(97)77-71-65-59-55-49-51-57-63-69-75-87(5)6)111-94(99)79-73-67-61-54-48-44-40-36-35-37-41-45-50-56-62-68-74-86(3)4/h86-90,95H,7-85H2,1-6H3,(H,100,101)(H,102,103)/t88-,89-,90-/m1/s1. The Morgan fingerprint density at radius 3 is 0.602 bits per heavy atom. The van der Waals surface area contributed by atoms with Crippen LogP contribution in [0, 0.1) is 11.8 Å². The Morgan fingerprint density at radius 2 is 0.407 bits per heavy atom. The molecule has 672 valence electrons. The third-order valence-corrected chi connectivity index (χ3v) is 24.1. The van der Waals surface area contributed by atoms with E-state index >= 15 is 0 Å². The van der Waals surface area contributed by atoms with Gasteiger partial charge in [-0.15, -0.1) is 0 Å². The van der Waals surface area contributed by atoms with Crippen LogP contribution in [0.15, 0.2) is 0 Å². The van der Waals surface area contributed by atoms with Crippen molar-refractivity contribution in [3.05, 3.63) is 0 Å². The third kappa shape index (κ3) is 87.7. The maximum atomic E-state index is 13.2. The number of phosphoric ester groups is 2. The highest BCUT2D eigenvalue weighted by Crippen LogP contribution is 2.45. The summed E-state index contributed by atoms with van der Waals surface area (Å²) < 4.78 is 69.2. The molecule has 0 saturated heterocycles. The summed E-state index contributed by atoms with van der Waals surface area (Å²) in [4.78, 5) is 73.5. The van der Waals surface area contributed by atoms with Gasteiger partial charge in [0, 0.05) is 25.7 Å². The molecule has 5 atom stereocenters. The molecule has 0 radical (unpaired) electrons. The van der Waals surface area contributed by atoms with Crippen molar-refractivity contribution in [2.45, 2.75) is 529 Å². The zero-order valence-electron chi connectivity index (χ0n) is 74.7. The first-order chi connectivity index (χ1) is 54.9. The van der Waals surface area contributed by atoms with Gasteiger partial charge in [0.2, 0.25) is 0 Å². The zero-order chi connectivity index (χ0) is 82.7. The summed E-state index contributed by atoms with van der Waals surface area (Å²) in [7, 11) is -9.94. The molecule has 0 heterocycles. The first kappa shape index (κ1) is 111. The fraction of sp³-hybridized carbons (Fsp3) is 0.957. The van der Waals surface area contributed by atoms with Crippen molar-refractivity contribution < 1.29 is 80.2 Å². The Kier molecular flexibility index (Phi) is 83.6. The molecule has 0 amide bonds. The van der Waals surface area contributed by atoms with Gasteiger partial charge >= 0.3 is 39.5 Å². The monoisotopic (exact) mass is 1650 g/mol. The van der Waals surface area contributed by atoms with Gasteiger partial charge in [-0.2, -0.15) is 0 Å². The minimum Gasteiger partial charge on any atom is -0.462 e. The summed E-state index contributed by atoms with van der Waals surface area (Å²) in [6.45, 7) is 9.73. The summed E-state index contributed by atoms with van der Waals surface area (Å²) in [5.41, 5.74) is 0. The molecular weight excluding hydrogens is 1460 g/mol. The predicted molar refractivity (Wildman–Crippen MR) is 469 cm³/mol. The highest BCUT2D eigenvalue weighted by atomic mass is 31.2. The van der Waals surface area contributed by atoms with Crippen LogP contribution in [-0.2, 0) is 65.4 Å². The molecule has 0 aromatic heterocycles. The van der Waals surface area contributed by atoms with E-state index < -0.39 is 97.5 Å². The van der Waals surface area contributed by atoms with Gasteiger partial charge in [-0.3, -0.25) is 37.3 Å². The van der Waals surface area contributed by atoms with Gasteiger partial charge in [-0.25, -0.2) is 9.13 Å². The number of hydrogen-bond acceptors (Lipinski definition) is 15. The summed E-state index contributed by atoms with van der Waals surface area (Å²) in [5.74, 6) is -0.540. The van der Waals surface area contributed by atoms with Crippen molar-refractivity contribution in [3.8, 4) is 0 Å². The summed E-state index contributed by atoms with van der Waals surface area (Å²) in [6.07, 6.45) is 80.8. The molecule has 0 aromatic carbocycles. The Morgan fingerprint density at radius 1 is 0.239 bits per heavy atom. The number of rotatable bonds is 93. The fourth-order valence-corrected chi connectivity index (χ4v) is 16.4. The van der Waals surface area contributed by atoms with Gasteiger partial charge < -0.3 is 33.8 Å². The van der Waals surface area contributed by atoms with Crippen LogP contribution in [-0.4, -0.2) is 96.7 Å². The lowest BCUT2D eigenvalue weighted by Gasteiger charge is -2.21. The normalized spacial score (nSPS) is 13.7. The van der Waals surface area contributed by atoms with Crippen LogP contribution >= 0.6 is 15.6 Å². The highest BCUT2D eigenvalue weighted by Gasteiger charge is 2.31. The van der Waals surface area contributed by atoms with Gasteiger partial charge in [-0.05, 0) is 37.5 Å². The van der Waals surface area contributed by atoms with E-state index in [4.69, 9.17) is 37.0 Å². The SMILES string of the molecule is CCCCCCCCCCCCCCCCCCCCCCCC(=O)OC[C@H](COP(=O)(O)OC[C@@H](O)COP(=O)(O)OC[C@@H](COC(=O)CCCCCCCCCCCC(C)C)OC(=O)CCCCCCCCCCCCCCCCCCC(C)C)OC(=O)CCCCCCCCCCCCCCCCCCCCCCC. The predicted octanol–water partition coefficient (Wildman–Crippen LogP) is 29.4. The topological polar surface area (TPSA) is 237 Å². The van der Waals surface area contributed by atoms with E-state index in [1.807, 2.05) is 0 Å². The van der Waals surface area contributed by atoms with E-state index in [1.165, 1.54) is 327 Å². The molecule has 0 spiro atoms. The number of aliphatic hydroxyl groups excluding tert-OH is 1. The van der Waals surface area contributed by atoms with Gasteiger partial charge in [0.1, 0.15) is 19.3 Å². The van der Waals surface area contributed by atoms with Crippen LogP contribution in [0.25, 0.3) is 0 Å². The molecule has 3 N–H and O–H groups in total. The smallest absolute Gasteiger partial charge is 0.462 e. The van der Waals surface area contributed by atoms with Crippen molar-refractivity contribution in [2.24, 2.45) is 11.8 Å². The molecule has 0 aliphatic carbocycles. The van der Waals surface area contributed by atoms with Crippen LogP contribution in [0.1, 0.15) is 510 Å². The summed E-state index contributed by atoms with van der Waals surface area (Å²) >= 11 is 0. The number of esters is 4. The van der Waals surface area contributed by atoms with Crippen LogP contribution < -0.4 is 0 Å². The summed E-state index contributed by atoms with van der Waals surface area (Å²) in [6, 6.07) is 0. The molecule has 0 aliphatic rings. The molecule has 0 aromatic rings. The minimum absolute atomic E-state index is 0.108. The van der Waals surface area contributed by atoms with Crippen molar-refractivity contribution in [1.82, 2.24) is 0 Å². The number of phosphoric acid groups is 2. The van der Waals surface area contributed by atoms with Crippen LogP contribution in [0.4, 0.5) is 0 Å². The number of ether oxygens (including phenoxy) is 4. The second kappa shape index (κ2) is 85.1. The Balaban J connectivity index is 5.24. The van der Waals surface area contributed by atoms with E-state index in [0.29, 0.717) is 25.7 Å². The van der Waals surface area contributed by atoms with Crippen molar-refractivity contribution in [3.63, 3.8) is 0 Å². The quantitative estimate of drug-likeness (QED) is 0.0222. The number of carbonyl (C=O) groups is 4. The van der Waals surface area contributed by atoms with E-state index in [2.05, 4.69) is 41.5 Å². The molecular formula is C94H184O17P2. The van der Waals surface area contributed by atoms with Gasteiger partial charge in [-0.1, -0.05) is 459 Å². The maximum Gasteiger partial charge on any atom is 0.472 e. The lowest BCUT2D eigenvalue weighted by molar-refractivity contribution is -0.161. The van der Waals surface area contributed by atoms with Gasteiger partial charge in [0.25, 0.3) is 0 Å². The maximum absolute atomic E-state index is 13.2. The second-order valence-corrected chi connectivity index (χ2v) is 37.6. The van der Waals surface area contributed by atoms with Crippen molar-refractivity contribution >= 4 is 39.5 Å². The number of carbonyl (C=O) groups excluding carboxylic acids is 4. The number of aliphatic hydroxyl groups is 1. The number of hydrogen-bond donors (Lipinski definition) is 3. The molecule has 0 fully saturated rings. The Hall–Kier alpha value is -1.94. The first-order valence-electron chi connectivity index (χ1n) is 48.5. The molecule has 0 aliphatic heterocycles. The molecule has 19 heteroatoms. The molecule has 0 bridgehead atoms. The van der Waals surface area contributed by atoms with Crippen LogP contribution in [0.2, 0.25) is 0 Å². The van der Waals surface area contributed by atoms with Crippen molar-refractivity contribution in [2.75, 3.05) is 39.6 Å². The Bertz CT molecular complexity index is 2150. The van der Waals surface area contributed by atoms with E-state index in [9.17, 15) is 43.2 Å². The molecule has 2 unspecified atom stereocenters. The molecule has 17 nitrogen and oxygen atoms in total. The van der Waals surface area contributed by atoms with Gasteiger partial charge in [0.05, 0.1) is 26.4 Å². The third-order valence-electron chi connectivity index (χ3n) is 22.2. The van der Waals surface area contributed by atoms with Crippen LogP contribution in [0.5, 0.6) is 0 Å². The lowest BCUT2D eigenvalue weighted by Crippen LogP contribution is -2.30. The molecule has 0 saturated carbocycles.